The van der Waals surface area contributed by atoms with Gasteiger partial charge in [0.25, 0.3) is 0 Å². The number of hydrogen-bond acceptors (Lipinski definition) is 3. The highest BCUT2D eigenvalue weighted by Crippen LogP contribution is 2.30. The van der Waals surface area contributed by atoms with E-state index in [1.807, 2.05) is 13.0 Å². The van der Waals surface area contributed by atoms with Gasteiger partial charge in [-0.1, -0.05) is 23.2 Å². The molecule has 0 amide bonds. The summed E-state index contributed by atoms with van der Waals surface area (Å²) in [4.78, 5) is 15.9. The summed E-state index contributed by atoms with van der Waals surface area (Å²) in [6.07, 6.45) is 1.41. The highest BCUT2D eigenvalue weighted by Gasteiger charge is 2.15. The lowest BCUT2D eigenvalue weighted by Crippen LogP contribution is -2.06. The summed E-state index contributed by atoms with van der Waals surface area (Å²) in [6.45, 7) is 3.91. The van der Waals surface area contributed by atoms with E-state index in [0.717, 1.165) is 5.56 Å². The van der Waals surface area contributed by atoms with E-state index in [4.69, 9.17) is 27.9 Å². The van der Waals surface area contributed by atoms with Gasteiger partial charge in [0, 0.05) is 16.6 Å². The molecule has 0 saturated heterocycles. The largest absolute Gasteiger partial charge is 0.462 e. The Hall–Kier alpha value is -1.32. The predicted octanol–water partition coefficient (Wildman–Crippen LogP) is 4.03. The summed E-state index contributed by atoms with van der Waals surface area (Å²) >= 11 is 12.2. The third-order valence-electron chi connectivity index (χ3n) is 2.58. The highest BCUT2D eigenvalue weighted by atomic mass is 35.5. The summed E-state index contributed by atoms with van der Waals surface area (Å²) in [5.41, 5.74) is 1.81. The van der Waals surface area contributed by atoms with Gasteiger partial charge in [-0.2, -0.15) is 0 Å². The van der Waals surface area contributed by atoms with Gasteiger partial charge in [0.15, 0.2) is 0 Å². The molecule has 1 aromatic carbocycles. The van der Waals surface area contributed by atoms with Crippen molar-refractivity contribution in [2.24, 2.45) is 0 Å². The summed E-state index contributed by atoms with van der Waals surface area (Å²) < 4.78 is 4.92. The summed E-state index contributed by atoms with van der Waals surface area (Å²) in [6, 6.07) is 3.54. The van der Waals surface area contributed by atoms with E-state index in [1.165, 1.54) is 6.20 Å². The van der Waals surface area contributed by atoms with Crippen LogP contribution in [0.4, 0.5) is 0 Å². The van der Waals surface area contributed by atoms with Gasteiger partial charge in [-0.05, 0) is 31.5 Å². The molecular weight excluding hydrogens is 273 g/mol. The van der Waals surface area contributed by atoms with Crippen molar-refractivity contribution in [2.75, 3.05) is 6.61 Å². The number of aromatic nitrogens is 1. The van der Waals surface area contributed by atoms with E-state index in [0.29, 0.717) is 27.6 Å². The molecule has 0 bridgehead atoms. The third kappa shape index (κ3) is 2.28. The monoisotopic (exact) mass is 283 g/mol. The number of fused-ring (bicyclic) bond motifs is 1. The smallest absolute Gasteiger partial charge is 0.341 e. The Bertz CT molecular complexity index is 626. The van der Waals surface area contributed by atoms with Crippen LogP contribution in [-0.4, -0.2) is 17.6 Å². The van der Waals surface area contributed by atoms with Crippen LogP contribution in [0.15, 0.2) is 18.3 Å². The number of nitrogens with zero attached hydrogens (tertiary/aromatic N) is 1. The summed E-state index contributed by atoms with van der Waals surface area (Å²) in [5.74, 6) is -0.468. The molecule has 1 heterocycles. The first-order valence-electron chi connectivity index (χ1n) is 5.46. The van der Waals surface area contributed by atoms with E-state index in [-0.39, 0.29) is 5.56 Å². The number of rotatable bonds is 2. The molecule has 3 nitrogen and oxygen atoms in total. The minimum absolute atomic E-state index is 0.271. The highest BCUT2D eigenvalue weighted by molar-refractivity contribution is 6.38. The molecule has 0 spiro atoms. The lowest BCUT2D eigenvalue weighted by molar-refractivity contribution is 0.0526. The van der Waals surface area contributed by atoms with Gasteiger partial charge in [0.05, 0.1) is 22.7 Å². The molecule has 0 atom stereocenters. The molecule has 2 rings (SSSR count). The maximum absolute atomic E-state index is 11.7. The number of benzene rings is 1. The van der Waals surface area contributed by atoms with Gasteiger partial charge in [0.1, 0.15) is 0 Å². The first-order valence-corrected chi connectivity index (χ1v) is 6.21. The molecule has 0 radical (unpaired) electrons. The second kappa shape index (κ2) is 5.12. The number of carbonyl (C=O) groups excluding carboxylic acids is 1. The average Bonchev–Trinajstić information content (AvgIpc) is 2.32. The molecule has 18 heavy (non-hydrogen) atoms. The SMILES string of the molecule is CCOC(=O)c1cnc2cc(Cl)c(C)cc2c1Cl. The zero-order valence-electron chi connectivity index (χ0n) is 9.96. The van der Waals surface area contributed by atoms with Crippen LogP contribution in [0.25, 0.3) is 10.9 Å². The number of aryl methyl sites for hydroxylation is 1. The van der Waals surface area contributed by atoms with Crippen molar-refractivity contribution in [3.63, 3.8) is 0 Å². The molecule has 0 fully saturated rings. The van der Waals surface area contributed by atoms with E-state index < -0.39 is 5.97 Å². The van der Waals surface area contributed by atoms with Crippen molar-refractivity contribution in [3.8, 4) is 0 Å². The molecule has 2 aromatic rings. The molecular formula is C13H11Cl2NO2. The third-order valence-corrected chi connectivity index (χ3v) is 3.39. The number of esters is 1. The van der Waals surface area contributed by atoms with Gasteiger partial charge in [-0.15, -0.1) is 0 Å². The maximum atomic E-state index is 11.7. The molecule has 5 heteroatoms. The molecule has 0 aliphatic rings. The van der Waals surface area contributed by atoms with Crippen molar-refractivity contribution >= 4 is 40.1 Å². The first-order chi connectivity index (χ1) is 8.54. The van der Waals surface area contributed by atoms with Crippen LogP contribution in [0.1, 0.15) is 22.8 Å². The standard InChI is InChI=1S/C13H11Cl2NO2/c1-3-18-13(17)9-6-16-11-5-10(14)7(2)4-8(11)12(9)15/h4-6H,3H2,1-2H3. The fraction of sp³-hybridized carbons (Fsp3) is 0.231. The molecule has 0 aliphatic carbocycles. The van der Waals surface area contributed by atoms with Gasteiger partial charge < -0.3 is 4.74 Å². The van der Waals surface area contributed by atoms with Crippen LogP contribution < -0.4 is 0 Å². The van der Waals surface area contributed by atoms with E-state index in [2.05, 4.69) is 4.98 Å². The van der Waals surface area contributed by atoms with Crippen molar-refractivity contribution in [1.82, 2.24) is 4.98 Å². The second-order valence-electron chi connectivity index (χ2n) is 3.82. The molecule has 1 aromatic heterocycles. The number of ether oxygens (including phenoxy) is 1. The van der Waals surface area contributed by atoms with Crippen LogP contribution in [0.5, 0.6) is 0 Å². The fourth-order valence-corrected chi connectivity index (χ4v) is 2.08. The topological polar surface area (TPSA) is 39.2 Å². The number of carbonyl (C=O) groups is 1. The number of hydrogen-bond donors (Lipinski definition) is 0. The molecule has 0 N–H and O–H groups in total. The second-order valence-corrected chi connectivity index (χ2v) is 4.61. The zero-order chi connectivity index (χ0) is 13.3. The molecule has 0 aliphatic heterocycles. The zero-order valence-corrected chi connectivity index (χ0v) is 11.5. The van der Waals surface area contributed by atoms with Crippen LogP contribution >= 0.6 is 23.2 Å². The quantitative estimate of drug-likeness (QED) is 0.782. The van der Waals surface area contributed by atoms with Crippen molar-refractivity contribution in [1.29, 1.82) is 0 Å². The Morgan fingerprint density at radius 2 is 2.11 bits per heavy atom. The Balaban J connectivity index is 2.63. The lowest BCUT2D eigenvalue weighted by Gasteiger charge is -2.08. The van der Waals surface area contributed by atoms with E-state index >= 15 is 0 Å². The Morgan fingerprint density at radius 3 is 2.78 bits per heavy atom. The Labute approximate surface area is 115 Å². The average molecular weight is 284 g/mol. The van der Waals surface area contributed by atoms with Gasteiger partial charge in [0.2, 0.25) is 0 Å². The maximum Gasteiger partial charge on any atom is 0.341 e. The van der Waals surface area contributed by atoms with E-state index in [1.54, 1.807) is 13.0 Å². The minimum atomic E-state index is -0.468. The van der Waals surface area contributed by atoms with E-state index in [9.17, 15) is 4.79 Å². The molecule has 94 valence electrons. The van der Waals surface area contributed by atoms with Crippen LogP contribution in [0.3, 0.4) is 0 Å². The van der Waals surface area contributed by atoms with Gasteiger partial charge >= 0.3 is 5.97 Å². The molecule has 0 saturated carbocycles. The lowest BCUT2D eigenvalue weighted by atomic mass is 10.1. The number of halogens is 2. The predicted molar refractivity (Wildman–Crippen MR) is 72.5 cm³/mol. The summed E-state index contributed by atoms with van der Waals surface area (Å²) in [7, 11) is 0. The normalized spacial score (nSPS) is 10.7. The van der Waals surface area contributed by atoms with Crippen molar-refractivity contribution in [2.45, 2.75) is 13.8 Å². The summed E-state index contributed by atoms with van der Waals surface area (Å²) in [5, 5.41) is 1.66. The van der Waals surface area contributed by atoms with Crippen LogP contribution in [0.2, 0.25) is 10.0 Å². The first kappa shape index (κ1) is 13.1. The van der Waals surface area contributed by atoms with Crippen molar-refractivity contribution < 1.29 is 9.53 Å². The van der Waals surface area contributed by atoms with Crippen molar-refractivity contribution in [3.05, 3.63) is 39.5 Å². The van der Waals surface area contributed by atoms with Gasteiger partial charge in [-0.25, -0.2) is 4.79 Å². The molecule has 0 unspecified atom stereocenters. The fourth-order valence-electron chi connectivity index (χ4n) is 1.64. The Kier molecular flexibility index (Phi) is 3.73. The number of pyridine rings is 1. The van der Waals surface area contributed by atoms with Crippen LogP contribution in [-0.2, 0) is 4.74 Å². The van der Waals surface area contributed by atoms with Crippen LogP contribution in [0, 0.1) is 6.92 Å². The Morgan fingerprint density at radius 1 is 1.39 bits per heavy atom. The minimum Gasteiger partial charge on any atom is -0.462 e. The van der Waals surface area contributed by atoms with Gasteiger partial charge in [-0.3, -0.25) is 4.98 Å².